The van der Waals surface area contributed by atoms with Crippen molar-refractivity contribution < 1.29 is 26.1 Å². The van der Waals surface area contributed by atoms with Crippen LogP contribution in [0.15, 0.2) is 58.3 Å². The molecule has 2 rings (SSSR count). The molecular formula is C14H15NO6S2. The molecule has 0 radical (unpaired) electrons. The second kappa shape index (κ2) is 6.19. The minimum Gasteiger partial charge on any atom is -0.508 e. The van der Waals surface area contributed by atoms with Crippen LogP contribution in [0.5, 0.6) is 11.5 Å². The maximum Gasteiger partial charge on any atom is 0.339 e. The Bertz CT molecular complexity index is 885. The Morgan fingerprint density at radius 3 is 1.78 bits per heavy atom. The molecule has 0 aliphatic heterocycles. The van der Waals surface area contributed by atoms with E-state index in [2.05, 4.69) is 0 Å². The number of phenols is 1. The Hall–Kier alpha value is -2.10. The Balaban J connectivity index is 2.26. The van der Waals surface area contributed by atoms with E-state index in [-0.39, 0.29) is 21.3 Å². The summed E-state index contributed by atoms with van der Waals surface area (Å²) in [5.74, 6) is -0.0852. The van der Waals surface area contributed by atoms with Crippen LogP contribution in [0.4, 0.5) is 0 Å². The van der Waals surface area contributed by atoms with E-state index in [0.29, 0.717) is 0 Å². The van der Waals surface area contributed by atoms with Crippen molar-refractivity contribution in [2.24, 2.45) is 0 Å². The average molecular weight is 357 g/mol. The molecule has 0 saturated heterocycles. The van der Waals surface area contributed by atoms with Gasteiger partial charge >= 0.3 is 10.1 Å². The molecule has 0 saturated carbocycles. The first kappa shape index (κ1) is 17.3. The van der Waals surface area contributed by atoms with Crippen LogP contribution in [0, 0.1) is 0 Å². The van der Waals surface area contributed by atoms with E-state index in [4.69, 9.17) is 9.29 Å². The topological polar surface area (TPSA) is 101 Å². The number of phenolic OH excluding ortho intramolecular Hbond substituents is 1. The highest BCUT2D eigenvalue weighted by atomic mass is 32.2. The summed E-state index contributed by atoms with van der Waals surface area (Å²) >= 11 is 0. The fourth-order valence-electron chi connectivity index (χ4n) is 1.67. The number of hydrogen-bond acceptors (Lipinski definition) is 6. The van der Waals surface area contributed by atoms with Crippen molar-refractivity contribution in [1.82, 2.24) is 4.31 Å². The van der Waals surface area contributed by atoms with Crippen molar-refractivity contribution in [3.8, 4) is 11.5 Å². The first-order chi connectivity index (χ1) is 10.6. The molecule has 0 unspecified atom stereocenters. The SMILES string of the molecule is CN(C)S(=O)(=O)c1ccc(OS(=O)(=O)c2ccc(O)cc2)cc1. The molecule has 2 aromatic rings. The molecule has 9 heteroatoms. The molecule has 0 bridgehead atoms. The summed E-state index contributed by atoms with van der Waals surface area (Å²) in [5, 5.41) is 9.17. The summed E-state index contributed by atoms with van der Waals surface area (Å²) in [6.07, 6.45) is 0. The maximum atomic E-state index is 12.1. The van der Waals surface area contributed by atoms with E-state index in [1.165, 1.54) is 62.6 Å². The number of nitrogens with zero attached hydrogens (tertiary/aromatic N) is 1. The Labute approximate surface area is 134 Å². The lowest BCUT2D eigenvalue weighted by atomic mass is 10.3. The zero-order chi connectivity index (χ0) is 17.3. The van der Waals surface area contributed by atoms with Gasteiger partial charge in [0.25, 0.3) is 0 Å². The molecule has 0 aliphatic rings. The molecule has 124 valence electrons. The van der Waals surface area contributed by atoms with Gasteiger partial charge in [0.05, 0.1) is 4.90 Å². The van der Waals surface area contributed by atoms with Gasteiger partial charge in [-0.1, -0.05) is 0 Å². The number of aromatic hydroxyl groups is 1. The third kappa shape index (κ3) is 3.81. The maximum absolute atomic E-state index is 12.1. The van der Waals surface area contributed by atoms with E-state index in [1.807, 2.05) is 0 Å². The molecule has 1 N–H and O–H groups in total. The number of hydrogen-bond donors (Lipinski definition) is 1. The van der Waals surface area contributed by atoms with Crippen LogP contribution in [0.3, 0.4) is 0 Å². The zero-order valence-corrected chi connectivity index (χ0v) is 14.0. The van der Waals surface area contributed by atoms with E-state index in [1.54, 1.807) is 0 Å². The molecule has 0 fully saturated rings. The largest absolute Gasteiger partial charge is 0.508 e. The van der Waals surface area contributed by atoms with Crippen LogP contribution in [-0.2, 0) is 20.1 Å². The van der Waals surface area contributed by atoms with Crippen molar-refractivity contribution in [2.75, 3.05) is 14.1 Å². The van der Waals surface area contributed by atoms with Crippen molar-refractivity contribution in [3.05, 3.63) is 48.5 Å². The summed E-state index contributed by atoms with van der Waals surface area (Å²) in [6.45, 7) is 0. The van der Waals surface area contributed by atoms with Gasteiger partial charge in [0.1, 0.15) is 16.4 Å². The zero-order valence-electron chi connectivity index (χ0n) is 12.4. The van der Waals surface area contributed by atoms with Gasteiger partial charge in [-0.15, -0.1) is 0 Å². The highest BCUT2D eigenvalue weighted by Gasteiger charge is 2.19. The monoisotopic (exact) mass is 357 g/mol. The minimum atomic E-state index is -4.07. The molecule has 2 aromatic carbocycles. The summed E-state index contributed by atoms with van der Waals surface area (Å²) in [4.78, 5) is -0.0998. The third-order valence-electron chi connectivity index (χ3n) is 2.93. The van der Waals surface area contributed by atoms with Crippen LogP contribution in [-0.4, -0.2) is 40.3 Å². The van der Waals surface area contributed by atoms with Gasteiger partial charge in [0.15, 0.2) is 0 Å². The molecule has 23 heavy (non-hydrogen) atoms. The lowest BCUT2D eigenvalue weighted by Gasteiger charge is -2.12. The lowest BCUT2D eigenvalue weighted by Crippen LogP contribution is -2.22. The van der Waals surface area contributed by atoms with Crippen molar-refractivity contribution in [1.29, 1.82) is 0 Å². The van der Waals surface area contributed by atoms with Crippen LogP contribution < -0.4 is 4.18 Å². The van der Waals surface area contributed by atoms with Crippen LogP contribution in [0.2, 0.25) is 0 Å². The summed E-state index contributed by atoms with van der Waals surface area (Å²) in [7, 11) is -4.86. The summed E-state index contributed by atoms with van der Waals surface area (Å²) in [6, 6.07) is 9.90. The highest BCUT2D eigenvalue weighted by Crippen LogP contribution is 2.22. The van der Waals surface area contributed by atoms with Gasteiger partial charge in [-0.3, -0.25) is 0 Å². The molecular weight excluding hydrogens is 342 g/mol. The predicted molar refractivity (Wildman–Crippen MR) is 83.2 cm³/mol. The molecule has 0 atom stereocenters. The second-order valence-corrected chi connectivity index (χ2v) is 8.49. The standard InChI is InChI=1S/C14H15NO6S2/c1-15(2)22(17,18)13-9-5-12(6-10-13)21-23(19,20)14-7-3-11(16)4-8-14/h3-10,16H,1-2H3. The van der Waals surface area contributed by atoms with Crippen LogP contribution >= 0.6 is 0 Å². The van der Waals surface area contributed by atoms with E-state index in [9.17, 15) is 16.8 Å². The van der Waals surface area contributed by atoms with E-state index in [0.717, 1.165) is 4.31 Å². The van der Waals surface area contributed by atoms with Crippen molar-refractivity contribution in [3.63, 3.8) is 0 Å². The first-order valence-corrected chi connectivity index (χ1v) is 9.24. The lowest BCUT2D eigenvalue weighted by molar-refractivity contribution is 0.473. The van der Waals surface area contributed by atoms with Crippen molar-refractivity contribution in [2.45, 2.75) is 9.79 Å². The molecule has 0 spiro atoms. The summed E-state index contributed by atoms with van der Waals surface area (Å²) < 4.78 is 54.0. The molecule has 0 amide bonds. The van der Waals surface area contributed by atoms with Gasteiger partial charge in [0, 0.05) is 14.1 Å². The Kier molecular flexibility index (Phi) is 4.64. The second-order valence-electron chi connectivity index (χ2n) is 4.79. The molecule has 0 heterocycles. The average Bonchev–Trinajstić information content (AvgIpc) is 2.47. The van der Waals surface area contributed by atoms with Gasteiger partial charge in [0.2, 0.25) is 10.0 Å². The van der Waals surface area contributed by atoms with E-state index >= 15 is 0 Å². The van der Waals surface area contributed by atoms with Crippen LogP contribution in [0.1, 0.15) is 0 Å². The van der Waals surface area contributed by atoms with Gasteiger partial charge in [-0.25, -0.2) is 12.7 Å². The van der Waals surface area contributed by atoms with E-state index < -0.39 is 20.1 Å². The van der Waals surface area contributed by atoms with Gasteiger partial charge < -0.3 is 9.29 Å². The minimum absolute atomic E-state index is 0.0178. The fraction of sp³-hybridized carbons (Fsp3) is 0.143. The Morgan fingerprint density at radius 2 is 1.30 bits per heavy atom. The van der Waals surface area contributed by atoms with Gasteiger partial charge in [-0.2, -0.15) is 8.42 Å². The van der Waals surface area contributed by atoms with Crippen LogP contribution in [0.25, 0.3) is 0 Å². The fourth-order valence-corrected chi connectivity index (χ4v) is 3.50. The number of rotatable bonds is 5. The third-order valence-corrected chi connectivity index (χ3v) is 6.02. The molecule has 0 aliphatic carbocycles. The Morgan fingerprint density at radius 1 is 0.826 bits per heavy atom. The first-order valence-electron chi connectivity index (χ1n) is 6.39. The predicted octanol–water partition coefficient (Wildman–Crippen LogP) is 1.41. The van der Waals surface area contributed by atoms with Crippen molar-refractivity contribution >= 4 is 20.1 Å². The number of benzene rings is 2. The normalized spacial score (nSPS) is 12.3. The molecule has 7 nitrogen and oxygen atoms in total. The number of sulfonamides is 1. The smallest absolute Gasteiger partial charge is 0.339 e. The van der Waals surface area contributed by atoms with Gasteiger partial charge in [-0.05, 0) is 48.5 Å². The summed E-state index contributed by atoms with van der Waals surface area (Å²) in [5.41, 5.74) is 0. The molecule has 0 aromatic heterocycles. The highest BCUT2D eigenvalue weighted by molar-refractivity contribution is 7.89. The quantitative estimate of drug-likeness (QED) is 0.812.